The second-order valence-electron chi connectivity index (χ2n) is 4.84. The first-order valence-electron chi connectivity index (χ1n) is 6.31. The van der Waals surface area contributed by atoms with Gasteiger partial charge in [0.1, 0.15) is 5.82 Å². The van der Waals surface area contributed by atoms with E-state index < -0.39 is 14.9 Å². The van der Waals surface area contributed by atoms with Crippen molar-refractivity contribution in [2.45, 2.75) is 37.6 Å². The van der Waals surface area contributed by atoms with Crippen molar-refractivity contribution in [1.29, 1.82) is 0 Å². The van der Waals surface area contributed by atoms with E-state index in [1.807, 2.05) is 6.92 Å². The molecule has 1 fully saturated rings. The van der Waals surface area contributed by atoms with Crippen molar-refractivity contribution in [3.8, 4) is 0 Å². The van der Waals surface area contributed by atoms with Gasteiger partial charge < -0.3 is 4.90 Å². The summed E-state index contributed by atoms with van der Waals surface area (Å²) in [7, 11) is 1.19. The fourth-order valence-electron chi connectivity index (χ4n) is 2.15. The van der Waals surface area contributed by atoms with Gasteiger partial charge in [0.2, 0.25) is 0 Å². The van der Waals surface area contributed by atoms with Gasteiger partial charge in [-0.2, -0.15) is 0 Å². The summed E-state index contributed by atoms with van der Waals surface area (Å²) in [5, 5.41) is 0. The molecule has 1 saturated carbocycles. The second kappa shape index (κ2) is 5.33. The summed E-state index contributed by atoms with van der Waals surface area (Å²) in [6, 6.07) is 2.38. The summed E-state index contributed by atoms with van der Waals surface area (Å²) in [5.74, 6) is -1.11. The molecule has 0 bridgehead atoms. The van der Waals surface area contributed by atoms with Crippen molar-refractivity contribution in [3.05, 3.63) is 29.1 Å². The Kier molecular flexibility index (Phi) is 4.07. The Morgan fingerprint density at radius 3 is 2.50 bits per heavy atom. The lowest BCUT2D eigenvalue weighted by atomic mass is 10.1. The number of halogens is 2. The zero-order chi connectivity index (χ0) is 15.1. The Bertz CT molecular complexity index is 656. The topological polar surface area (TPSA) is 54.5 Å². The smallest absolute Gasteiger partial charge is 0.261 e. The highest BCUT2D eigenvalue weighted by atomic mass is 35.7. The van der Waals surface area contributed by atoms with Crippen LogP contribution in [-0.4, -0.2) is 31.8 Å². The number of carbonyl (C=O) groups excluding carboxylic acids is 1. The molecule has 4 nitrogen and oxygen atoms in total. The number of rotatable bonds is 4. The van der Waals surface area contributed by atoms with Gasteiger partial charge in [-0.1, -0.05) is 0 Å². The van der Waals surface area contributed by atoms with Crippen molar-refractivity contribution in [3.63, 3.8) is 0 Å². The zero-order valence-electron chi connectivity index (χ0n) is 11.2. The number of benzene rings is 1. The van der Waals surface area contributed by atoms with Crippen LogP contribution in [0.3, 0.4) is 0 Å². The third-order valence-corrected chi connectivity index (χ3v) is 4.84. The van der Waals surface area contributed by atoms with Crippen LogP contribution >= 0.6 is 10.7 Å². The van der Waals surface area contributed by atoms with E-state index in [-0.39, 0.29) is 28.0 Å². The molecule has 0 unspecified atom stereocenters. The highest BCUT2D eigenvalue weighted by molar-refractivity contribution is 8.13. The molecule has 1 aliphatic carbocycles. The molecule has 0 aliphatic heterocycles. The molecule has 1 aliphatic rings. The lowest BCUT2D eigenvalue weighted by Gasteiger charge is -2.21. The SMILES string of the molecule is CCN(C(=O)c1cc(F)c(C)c(S(=O)(=O)Cl)c1)C1CC1. The van der Waals surface area contributed by atoms with E-state index in [1.165, 1.54) is 6.92 Å². The van der Waals surface area contributed by atoms with Gasteiger partial charge in [0, 0.05) is 34.4 Å². The third kappa shape index (κ3) is 2.96. The first-order valence-corrected chi connectivity index (χ1v) is 8.62. The second-order valence-corrected chi connectivity index (χ2v) is 7.38. The van der Waals surface area contributed by atoms with E-state index in [2.05, 4.69) is 0 Å². The molecule has 0 N–H and O–H groups in total. The molecule has 0 heterocycles. The summed E-state index contributed by atoms with van der Waals surface area (Å²) in [6.45, 7) is 3.65. The van der Waals surface area contributed by atoms with E-state index >= 15 is 0 Å². The van der Waals surface area contributed by atoms with Crippen LogP contribution in [0.15, 0.2) is 17.0 Å². The van der Waals surface area contributed by atoms with Crippen LogP contribution in [0.1, 0.15) is 35.7 Å². The normalized spacial score (nSPS) is 15.2. The quantitative estimate of drug-likeness (QED) is 0.802. The maximum atomic E-state index is 13.8. The van der Waals surface area contributed by atoms with Crippen LogP contribution in [0.5, 0.6) is 0 Å². The van der Waals surface area contributed by atoms with Crippen molar-refractivity contribution < 1.29 is 17.6 Å². The van der Waals surface area contributed by atoms with E-state index in [0.717, 1.165) is 25.0 Å². The summed E-state index contributed by atoms with van der Waals surface area (Å²) in [4.78, 5) is 13.6. The molecule has 0 saturated heterocycles. The maximum absolute atomic E-state index is 13.8. The molecule has 2 rings (SSSR count). The van der Waals surface area contributed by atoms with Gasteiger partial charge in [-0.25, -0.2) is 12.8 Å². The standard InChI is InChI=1S/C13H15ClFNO3S/c1-3-16(10-4-5-10)13(17)9-6-11(15)8(2)12(7-9)20(14,18)19/h6-7,10H,3-5H2,1-2H3. The Morgan fingerprint density at radius 2 is 2.05 bits per heavy atom. The zero-order valence-corrected chi connectivity index (χ0v) is 12.8. The number of amides is 1. The molecular weight excluding hydrogens is 305 g/mol. The Labute approximate surface area is 121 Å². The molecule has 0 radical (unpaired) electrons. The molecule has 7 heteroatoms. The molecule has 1 aromatic carbocycles. The Morgan fingerprint density at radius 1 is 1.45 bits per heavy atom. The summed E-state index contributed by atoms with van der Waals surface area (Å²) >= 11 is 0. The van der Waals surface area contributed by atoms with Gasteiger partial charge in [0.25, 0.3) is 15.0 Å². The fourth-order valence-corrected chi connectivity index (χ4v) is 3.36. The molecule has 0 spiro atoms. The number of hydrogen-bond donors (Lipinski definition) is 0. The minimum Gasteiger partial charge on any atom is -0.336 e. The van der Waals surface area contributed by atoms with Crippen LogP contribution in [0, 0.1) is 12.7 Å². The van der Waals surface area contributed by atoms with Gasteiger partial charge >= 0.3 is 0 Å². The lowest BCUT2D eigenvalue weighted by molar-refractivity contribution is 0.0751. The van der Waals surface area contributed by atoms with Crippen molar-refractivity contribution in [2.75, 3.05) is 6.54 Å². The predicted octanol–water partition coefficient (Wildman–Crippen LogP) is 2.69. The van der Waals surface area contributed by atoms with Gasteiger partial charge in [-0.15, -0.1) is 0 Å². The first kappa shape index (κ1) is 15.3. The third-order valence-electron chi connectivity index (χ3n) is 3.40. The van der Waals surface area contributed by atoms with Crippen LogP contribution in [0.25, 0.3) is 0 Å². The van der Waals surface area contributed by atoms with Crippen LogP contribution < -0.4 is 0 Å². The largest absolute Gasteiger partial charge is 0.336 e. The predicted molar refractivity (Wildman–Crippen MR) is 73.9 cm³/mol. The van der Waals surface area contributed by atoms with E-state index in [4.69, 9.17) is 10.7 Å². The summed E-state index contributed by atoms with van der Waals surface area (Å²) in [5.41, 5.74) is -0.0629. The van der Waals surface area contributed by atoms with Gasteiger partial charge in [-0.3, -0.25) is 4.79 Å². The summed E-state index contributed by atoms with van der Waals surface area (Å²) < 4.78 is 36.7. The van der Waals surface area contributed by atoms with E-state index in [1.54, 1.807) is 4.90 Å². The number of hydrogen-bond acceptors (Lipinski definition) is 3. The van der Waals surface area contributed by atoms with Crippen molar-refractivity contribution >= 4 is 25.6 Å². The van der Waals surface area contributed by atoms with Crippen molar-refractivity contribution in [2.24, 2.45) is 0 Å². The molecule has 1 aromatic rings. The minimum absolute atomic E-state index is 0.0149. The average Bonchev–Trinajstić information content (AvgIpc) is 3.16. The number of nitrogens with zero attached hydrogens (tertiary/aromatic N) is 1. The molecule has 20 heavy (non-hydrogen) atoms. The first-order chi connectivity index (χ1) is 9.25. The molecule has 110 valence electrons. The van der Waals surface area contributed by atoms with Gasteiger partial charge in [0.15, 0.2) is 0 Å². The highest BCUT2D eigenvalue weighted by Crippen LogP contribution is 2.30. The monoisotopic (exact) mass is 319 g/mol. The number of carbonyl (C=O) groups is 1. The Hall–Kier alpha value is -1.14. The molecule has 0 atom stereocenters. The minimum atomic E-state index is -4.09. The van der Waals surface area contributed by atoms with Gasteiger partial charge in [-0.05, 0) is 38.8 Å². The average molecular weight is 320 g/mol. The summed E-state index contributed by atoms with van der Waals surface area (Å²) in [6.07, 6.45) is 1.85. The van der Waals surface area contributed by atoms with Crippen molar-refractivity contribution in [1.82, 2.24) is 4.90 Å². The van der Waals surface area contributed by atoms with E-state index in [9.17, 15) is 17.6 Å². The maximum Gasteiger partial charge on any atom is 0.261 e. The molecular formula is C13H15ClFNO3S. The van der Waals surface area contributed by atoms with Crippen LogP contribution in [0.4, 0.5) is 4.39 Å². The van der Waals surface area contributed by atoms with E-state index in [0.29, 0.717) is 6.54 Å². The highest BCUT2D eigenvalue weighted by Gasteiger charge is 2.32. The Balaban J connectivity index is 2.47. The fraction of sp³-hybridized carbons (Fsp3) is 0.462. The van der Waals surface area contributed by atoms with Crippen LogP contribution in [-0.2, 0) is 9.05 Å². The lowest BCUT2D eigenvalue weighted by Crippen LogP contribution is -2.33. The van der Waals surface area contributed by atoms with Crippen LogP contribution in [0.2, 0.25) is 0 Å². The molecule has 1 amide bonds. The molecule has 0 aromatic heterocycles. The van der Waals surface area contributed by atoms with Gasteiger partial charge in [0.05, 0.1) is 4.90 Å².